The third kappa shape index (κ3) is 6.57. The monoisotopic (exact) mass is 488 g/mol. The van der Waals surface area contributed by atoms with Crippen LogP contribution >= 0.6 is 8.46 Å². The molecule has 2 rings (SSSR count). The van der Waals surface area contributed by atoms with Crippen molar-refractivity contribution >= 4 is 20.0 Å². The molecule has 7 nitrogen and oxygen atoms in total. The SMILES string of the molecule is COc1ccc(C(=O)CC(C)(C)CC(C)C(P=O)C(=O)c2ccc(OC)cc2OC)c(OC)c1. The number of carbonyl (C=O) groups is 2. The van der Waals surface area contributed by atoms with E-state index in [0.29, 0.717) is 40.5 Å². The molecular formula is C26H33O7P. The van der Waals surface area contributed by atoms with Crippen molar-refractivity contribution in [1.29, 1.82) is 0 Å². The second-order valence-corrected chi connectivity index (χ2v) is 9.76. The number of rotatable bonds is 13. The summed E-state index contributed by atoms with van der Waals surface area (Å²) < 4.78 is 33.2. The fourth-order valence-electron chi connectivity index (χ4n) is 4.19. The number of Topliss-reactive ketones (excluding diaryl/α,β-unsaturated/α-hetero) is 2. The lowest BCUT2D eigenvalue weighted by Gasteiger charge is -2.29. The quantitative estimate of drug-likeness (QED) is 0.257. The van der Waals surface area contributed by atoms with E-state index in [1.54, 1.807) is 43.5 Å². The topological polar surface area (TPSA) is 88.1 Å². The Balaban J connectivity index is 2.19. The van der Waals surface area contributed by atoms with Crippen LogP contribution in [-0.4, -0.2) is 45.7 Å². The lowest BCUT2D eigenvalue weighted by molar-refractivity contribution is 0.0901. The molecule has 0 fully saturated rings. The average molecular weight is 489 g/mol. The maximum atomic E-state index is 13.2. The minimum Gasteiger partial charge on any atom is -0.497 e. The van der Waals surface area contributed by atoms with Crippen LogP contribution < -0.4 is 18.9 Å². The van der Waals surface area contributed by atoms with Crippen molar-refractivity contribution < 1.29 is 33.1 Å². The van der Waals surface area contributed by atoms with Crippen LogP contribution in [0.2, 0.25) is 0 Å². The van der Waals surface area contributed by atoms with Crippen LogP contribution in [0, 0.1) is 11.3 Å². The number of hydrogen-bond acceptors (Lipinski definition) is 7. The normalized spacial score (nSPS) is 13.1. The molecule has 0 saturated heterocycles. The Morgan fingerprint density at radius 3 is 1.82 bits per heavy atom. The van der Waals surface area contributed by atoms with Gasteiger partial charge in [0.1, 0.15) is 28.7 Å². The predicted molar refractivity (Wildman–Crippen MR) is 131 cm³/mol. The molecule has 2 aromatic carbocycles. The van der Waals surface area contributed by atoms with Gasteiger partial charge in [0.15, 0.2) is 20.0 Å². The number of methoxy groups -OCH3 is 4. The van der Waals surface area contributed by atoms with Gasteiger partial charge in [0.2, 0.25) is 0 Å². The third-order valence-electron chi connectivity index (χ3n) is 5.82. The van der Waals surface area contributed by atoms with E-state index in [1.807, 2.05) is 20.8 Å². The van der Waals surface area contributed by atoms with E-state index < -0.39 is 11.1 Å². The summed E-state index contributed by atoms with van der Waals surface area (Å²) >= 11 is 0. The maximum absolute atomic E-state index is 13.2. The van der Waals surface area contributed by atoms with Crippen LogP contribution in [-0.2, 0) is 4.57 Å². The lowest BCUT2D eigenvalue weighted by Crippen LogP contribution is -2.29. The van der Waals surface area contributed by atoms with E-state index in [9.17, 15) is 14.2 Å². The highest BCUT2D eigenvalue weighted by Crippen LogP contribution is 2.38. The third-order valence-corrected chi connectivity index (χ3v) is 6.79. The minimum absolute atomic E-state index is 0.0731. The highest BCUT2D eigenvalue weighted by atomic mass is 31.1. The van der Waals surface area contributed by atoms with E-state index in [-0.39, 0.29) is 32.4 Å². The van der Waals surface area contributed by atoms with Crippen molar-refractivity contribution in [2.75, 3.05) is 28.4 Å². The summed E-state index contributed by atoms with van der Waals surface area (Å²) in [5, 5.41) is 0. The number of ketones is 2. The zero-order chi connectivity index (χ0) is 25.5. The Labute approximate surface area is 202 Å². The van der Waals surface area contributed by atoms with Crippen molar-refractivity contribution in [2.45, 2.75) is 39.3 Å². The van der Waals surface area contributed by atoms with Crippen molar-refractivity contribution in [1.82, 2.24) is 0 Å². The highest BCUT2D eigenvalue weighted by Gasteiger charge is 2.34. The Hall–Kier alpha value is -2.92. The Bertz CT molecular complexity index is 1030. The van der Waals surface area contributed by atoms with Crippen LogP contribution in [0.15, 0.2) is 36.4 Å². The molecule has 0 aliphatic carbocycles. The fraction of sp³-hybridized carbons (Fsp3) is 0.462. The summed E-state index contributed by atoms with van der Waals surface area (Å²) in [5.41, 5.74) is -0.400. The summed E-state index contributed by atoms with van der Waals surface area (Å²) in [5.74, 6) is 1.38. The molecule has 0 saturated carbocycles. The second-order valence-electron chi connectivity index (χ2n) is 8.99. The summed E-state index contributed by atoms with van der Waals surface area (Å²) in [4.78, 5) is 26.3. The largest absolute Gasteiger partial charge is 0.497 e. The molecule has 0 heterocycles. The first kappa shape index (κ1) is 27.3. The number of benzene rings is 2. The fourth-order valence-corrected chi connectivity index (χ4v) is 4.73. The Morgan fingerprint density at radius 1 is 0.853 bits per heavy atom. The molecule has 184 valence electrons. The van der Waals surface area contributed by atoms with Crippen molar-refractivity contribution in [2.24, 2.45) is 11.3 Å². The van der Waals surface area contributed by atoms with Gasteiger partial charge in [0.25, 0.3) is 0 Å². The summed E-state index contributed by atoms with van der Waals surface area (Å²) in [6.07, 6.45) is 0.754. The highest BCUT2D eigenvalue weighted by molar-refractivity contribution is 7.26. The van der Waals surface area contributed by atoms with Crippen LogP contribution in [0.1, 0.15) is 54.3 Å². The van der Waals surface area contributed by atoms with Gasteiger partial charge in [0.05, 0.1) is 39.6 Å². The van der Waals surface area contributed by atoms with Crippen LogP contribution in [0.5, 0.6) is 23.0 Å². The van der Waals surface area contributed by atoms with E-state index in [1.165, 1.54) is 21.3 Å². The molecule has 2 atom stereocenters. The first-order chi connectivity index (χ1) is 16.1. The zero-order valence-electron chi connectivity index (χ0n) is 20.8. The second kappa shape index (κ2) is 12.0. The van der Waals surface area contributed by atoms with Gasteiger partial charge >= 0.3 is 0 Å². The van der Waals surface area contributed by atoms with E-state index in [4.69, 9.17) is 18.9 Å². The molecule has 34 heavy (non-hydrogen) atoms. The zero-order valence-corrected chi connectivity index (χ0v) is 21.7. The van der Waals surface area contributed by atoms with Gasteiger partial charge in [-0.3, -0.25) is 14.2 Å². The molecule has 2 unspecified atom stereocenters. The predicted octanol–water partition coefficient (Wildman–Crippen LogP) is 5.89. The molecule has 0 spiro atoms. The Morgan fingerprint density at radius 2 is 1.35 bits per heavy atom. The minimum atomic E-state index is -0.771. The van der Waals surface area contributed by atoms with Gasteiger partial charge in [0, 0.05) is 18.6 Å². The summed E-state index contributed by atoms with van der Waals surface area (Å²) in [7, 11) is 5.79. The molecule has 0 bridgehead atoms. The van der Waals surface area contributed by atoms with E-state index >= 15 is 0 Å². The molecule has 8 heteroatoms. The maximum Gasteiger partial charge on any atom is 0.181 e. The smallest absolute Gasteiger partial charge is 0.181 e. The number of ether oxygens (including phenoxy) is 4. The molecular weight excluding hydrogens is 455 g/mol. The lowest BCUT2D eigenvalue weighted by atomic mass is 9.76. The van der Waals surface area contributed by atoms with Crippen LogP contribution in [0.3, 0.4) is 0 Å². The molecule has 0 aliphatic heterocycles. The molecule has 0 aromatic heterocycles. The van der Waals surface area contributed by atoms with Gasteiger partial charge in [-0.2, -0.15) is 0 Å². The first-order valence-corrected chi connectivity index (χ1v) is 11.8. The average Bonchev–Trinajstić information content (AvgIpc) is 2.82. The van der Waals surface area contributed by atoms with Crippen molar-refractivity contribution in [3.05, 3.63) is 47.5 Å². The molecule has 0 amide bonds. The van der Waals surface area contributed by atoms with Gasteiger partial charge in [-0.05, 0) is 42.0 Å². The molecule has 0 N–H and O–H groups in total. The van der Waals surface area contributed by atoms with Crippen LogP contribution in [0.4, 0.5) is 0 Å². The van der Waals surface area contributed by atoms with Gasteiger partial charge in [-0.15, -0.1) is 0 Å². The van der Waals surface area contributed by atoms with E-state index in [2.05, 4.69) is 0 Å². The molecule has 2 aromatic rings. The Kier molecular flexibility index (Phi) is 9.63. The van der Waals surface area contributed by atoms with Gasteiger partial charge in [-0.1, -0.05) is 20.8 Å². The number of hydrogen-bond donors (Lipinski definition) is 0. The van der Waals surface area contributed by atoms with Gasteiger partial charge in [-0.25, -0.2) is 0 Å². The van der Waals surface area contributed by atoms with Crippen LogP contribution in [0.25, 0.3) is 0 Å². The first-order valence-electron chi connectivity index (χ1n) is 10.9. The molecule has 0 radical (unpaired) electrons. The van der Waals surface area contributed by atoms with Crippen molar-refractivity contribution in [3.63, 3.8) is 0 Å². The van der Waals surface area contributed by atoms with Crippen molar-refractivity contribution in [3.8, 4) is 23.0 Å². The summed E-state index contributed by atoms with van der Waals surface area (Å²) in [6, 6.07) is 10.0. The van der Waals surface area contributed by atoms with E-state index in [0.717, 1.165) is 0 Å². The van der Waals surface area contributed by atoms with Gasteiger partial charge < -0.3 is 18.9 Å². The number of carbonyl (C=O) groups excluding carboxylic acids is 2. The molecule has 0 aliphatic rings. The standard InChI is InChI=1S/C26H33O7P/c1-16(25(34-29)24(28)20-11-9-18(31-5)13-23(20)33-7)14-26(2,3)15-21(27)19-10-8-17(30-4)12-22(19)32-6/h8-13,16,25H,14-15H2,1-7H3. The summed E-state index contributed by atoms with van der Waals surface area (Å²) in [6.45, 7) is 5.81.